The Morgan fingerprint density at radius 1 is 1.32 bits per heavy atom. The van der Waals surface area contributed by atoms with Gasteiger partial charge in [-0.1, -0.05) is 32.1 Å². The first-order valence-corrected chi connectivity index (χ1v) is 8.30. The molecule has 0 unspecified atom stereocenters. The van der Waals surface area contributed by atoms with E-state index >= 15 is 0 Å². The molecule has 1 saturated heterocycles. The highest BCUT2D eigenvalue weighted by Gasteiger charge is 2.19. The van der Waals surface area contributed by atoms with Gasteiger partial charge in [0, 0.05) is 25.6 Å². The van der Waals surface area contributed by atoms with Gasteiger partial charge in [-0.25, -0.2) is 0 Å². The quantitative estimate of drug-likeness (QED) is 0.871. The van der Waals surface area contributed by atoms with Crippen LogP contribution in [0.5, 0.6) is 0 Å². The van der Waals surface area contributed by atoms with Crippen LogP contribution in [0.1, 0.15) is 45.0 Å². The number of likely N-dealkylation sites (tertiary alicyclic amines) is 1. The van der Waals surface area contributed by atoms with Crippen LogP contribution >= 0.6 is 11.3 Å². The Hall–Kier alpha value is -0.680. The molecule has 0 saturated carbocycles. The minimum Gasteiger partial charge on any atom is -0.357 e. The molecule has 0 spiro atoms. The molecule has 1 fully saturated rings. The van der Waals surface area contributed by atoms with Crippen molar-refractivity contribution in [3.8, 4) is 0 Å². The lowest BCUT2D eigenvalue weighted by atomic mass is 10.1. The first-order valence-electron chi connectivity index (χ1n) is 7.48. The van der Waals surface area contributed by atoms with Crippen LogP contribution in [0.3, 0.4) is 0 Å². The van der Waals surface area contributed by atoms with Crippen molar-refractivity contribution in [2.45, 2.75) is 52.5 Å². The van der Waals surface area contributed by atoms with Crippen LogP contribution in [-0.2, 0) is 6.42 Å². The maximum atomic E-state index is 4.26. The second kappa shape index (κ2) is 7.20. The molecular formula is C14H26N4S. The standard InChI is InChI=1S/C14H26N4S/c1-4-7-18-8-5-12(6-9-18)15-14-17-16-13(19-14)10-11(2)3/h11-12H,4-10H2,1-3H3,(H,15,17). The highest BCUT2D eigenvalue weighted by molar-refractivity contribution is 7.15. The smallest absolute Gasteiger partial charge is 0.205 e. The third kappa shape index (κ3) is 4.73. The van der Waals surface area contributed by atoms with Crippen molar-refractivity contribution >= 4 is 16.5 Å². The molecule has 1 aromatic heterocycles. The van der Waals surface area contributed by atoms with E-state index < -0.39 is 0 Å². The van der Waals surface area contributed by atoms with Crippen LogP contribution in [0.15, 0.2) is 0 Å². The largest absolute Gasteiger partial charge is 0.357 e. The molecule has 5 heteroatoms. The van der Waals surface area contributed by atoms with Crippen LogP contribution in [0, 0.1) is 5.92 Å². The Balaban J connectivity index is 1.77. The highest BCUT2D eigenvalue weighted by atomic mass is 32.1. The van der Waals surface area contributed by atoms with Gasteiger partial charge < -0.3 is 10.2 Å². The highest BCUT2D eigenvalue weighted by Crippen LogP contribution is 2.21. The maximum Gasteiger partial charge on any atom is 0.205 e. The maximum absolute atomic E-state index is 4.26. The van der Waals surface area contributed by atoms with E-state index in [1.54, 1.807) is 11.3 Å². The monoisotopic (exact) mass is 282 g/mol. The Labute approximate surface area is 120 Å². The molecule has 1 aliphatic heterocycles. The normalized spacial score (nSPS) is 18.1. The predicted octanol–water partition coefficient (Wildman–Crippen LogP) is 3.02. The van der Waals surface area contributed by atoms with Gasteiger partial charge in [0.1, 0.15) is 5.01 Å². The summed E-state index contributed by atoms with van der Waals surface area (Å²) < 4.78 is 0. The fourth-order valence-electron chi connectivity index (χ4n) is 2.54. The summed E-state index contributed by atoms with van der Waals surface area (Å²) >= 11 is 1.72. The van der Waals surface area contributed by atoms with Crippen molar-refractivity contribution in [3.63, 3.8) is 0 Å². The number of hydrogen-bond acceptors (Lipinski definition) is 5. The van der Waals surface area contributed by atoms with Gasteiger partial charge in [-0.15, -0.1) is 10.2 Å². The second-order valence-corrected chi connectivity index (χ2v) is 6.92. The molecule has 0 aliphatic carbocycles. The number of hydrogen-bond donors (Lipinski definition) is 1. The fourth-order valence-corrected chi connectivity index (χ4v) is 3.56. The number of nitrogens with one attached hydrogen (secondary N) is 1. The zero-order valence-electron chi connectivity index (χ0n) is 12.4. The summed E-state index contributed by atoms with van der Waals surface area (Å²) in [7, 11) is 0. The molecule has 108 valence electrons. The van der Waals surface area contributed by atoms with Crippen LogP contribution in [0.25, 0.3) is 0 Å². The van der Waals surface area contributed by atoms with Gasteiger partial charge in [-0.2, -0.15) is 0 Å². The topological polar surface area (TPSA) is 41.0 Å². The predicted molar refractivity (Wildman–Crippen MR) is 81.8 cm³/mol. The van der Waals surface area contributed by atoms with E-state index in [1.807, 2.05) is 0 Å². The molecule has 1 aromatic rings. The van der Waals surface area contributed by atoms with Crippen LogP contribution < -0.4 is 5.32 Å². The lowest BCUT2D eigenvalue weighted by molar-refractivity contribution is 0.219. The van der Waals surface area contributed by atoms with E-state index in [2.05, 4.69) is 41.2 Å². The Morgan fingerprint density at radius 3 is 2.68 bits per heavy atom. The summed E-state index contributed by atoms with van der Waals surface area (Å²) in [5.74, 6) is 0.651. The van der Waals surface area contributed by atoms with E-state index in [-0.39, 0.29) is 0 Å². The fraction of sp³-hybridized carbons (Fsp3) is 0.857. The molecule has 0 atom stereocenters. The molecule has 1 aliphatic rings. The second-order valence-electron chi connectivity index (χ2n) is 5.86. The van der Waals surface area contributed by atoms with Gasteiger partial charge in [-0.05, 0) is 31.7 Å². The minimum absolute atomic E-state index is 0.577. The molecule has 19 heavy (non-hydrogen) atoms. The van der Waals surface area contributed by atoms with Crippen LogP contribution in [-0.4, -0.2) is 40.8 Å². The van der Waals surface area contributed by atoms with Gasteiger partial charge in [0.15, 0.2) is 0 Å². The van der Waals surface area contributed by atoms with E-state index in [4.69, 9.17) is 0 Å². The zero-order valence-corrected chi connectivity index (χ0v) is 13.2. The first-order chi connectivity index (χ1) is 9.17. The Bertz CT molecular complexity index is 369. The molecule has 0 bridgehead atoms. The number of anilines is 1. The molecule has 0 aromatic carbocycles. The Kier molecular flexibility index (Phi) is 5.58. The van der Waals surface area contributed by atoms with E-state index in [9.17, 15) is 0 Å². The zero-order chi connectivity index (χ0) is 13.7. The summed E-state index contributed by atoms with van der Waals surface area (Å²) in [5, 5.41) is 14.2. The number of rotatable bonds is 6. The van der Waals surface area contributed by atoms with Gasteiger partial charge in [0.25, 0.3) is 0 Å². The van der Waals surface area contributed by atoms with Crippen molar-refractivity contribution in [2.75, 3.05) is 25.0 Å². The summed E-state index contributed by atoms with van der Waals surface area (Å²) in [6.07, 6.45) is 4.74. The molecule has 4 nitrogen and oxygen atoms in total. The summed E-state index contributed by atoms with van der Waals surface area (Å²) in [5.41, 5.74) is 0. The molecule has 2 heterocycles. The third-order valence-electron chi connectivity index (χ3n) is 3.50. The molecule has 0 radical (unpaired) electrons. The van der Waals surface area contributed by atoms with Gasteiger partial charge in [0.2, 0.25) is 5.13 Å². The van der Waals surface area contributed by atoms with Crippen molar-refractivity contribution in [1.29, 1.82) is 0 Å². The molecule has 1 N–H and O–H groups in total. The minimum atomic E-state index is 0.577. The van der Waals surface area contributed by atoms with Crippen LogP contribution in [0.4, 0.5) is 5.13 Å². The van der Waals surface area contributed by atoms with Crippen molar-refractivity contribution in [1.82, 2.24) is 15.1 Å². The number of piperidine rings is 1. The lowest BCUT2D eigenvalue weighted by Crippen LogP contribution is -2.39. The molecule has 0 amide bonds. The van der Waals surface area contributed by atoms with Gasteiger partial charge >= 0.3 is 0 Å². The third-order valence-corrected chi connectivity index (χ3v) is 4.38. The molecular weight excluding hydrogens is 256 g/mol. The van der Waals surface area contributed by atoms with Crippen molar-refractivity contribution in [3.05, 3.63) is 5.01 Å². The van der Waals surface area contributed by atoms with E-state index in [1.165, 1.54) is 38.9 Å². The van der Waals surface area contributed by atoms with E-state index in [0.717, 1.165) is 16.6 Å². The number of aromatic nitrogens is 2. The summed E-state index contributed by atoms with van der Waals surface area (Å²) in [6, 6.07) is 0.577. The summed E-state index contributed by atoms with van der Waals surface area (Å²) in [4.78, 5) is 2.56. The number of nitrogens with zero attached hydrogens (tertiary/aromatic N) is 3. The lowest BCUT2D eigenvalue weighted by Gasteiger charge is -2.31. The first kappa shape index (κ1) is 14.7. The summed E-state index contributed by atoms with van der Waals surface area (Å²) in [6.45, 7) is 10.4. The average Bonchev–Trinajstić information content (AvgIpc) is 2.78. The Morgan fingerprint density at radius 2 is 2.05 bits per heavy atom. The van der Waals surface area contributed by atoms with Crippen LogP contribution in [0.2, 0.25) is 0 Å². The molecule has 2 rings (SSSR count). The van der Waals surface area contributed by atoms with E-state index in [0.29, 0.717) is 12.0 Å². The van der Waals surface area contributed by atoms with Gasteiger partial charge in [-0.3, -0.25) is 0 Å². The van der Waals surface area contributed by atoms with Crippen molar-refractivity contribution in [2.24, 2.45) is 5.92 Å². The SMILES string of the molecule is CCCN1CCC(Nc2nnc(CC(C)C)s2)CC1. The average molecular weight is 282 g/mol. The van der Waals surface area contributed by atoms with Gasteiger partial charge in [0.05, 0.1) is 0 Å². The van der Waals surface area contributed by atoms with Crippen molar-refractivity contribution < 1.29 is 0 Å².